The van der Waals surface area contributed by atoms with Gasteiger partial charge in [0.2, 0.25) is 0 Å². The maximum absolute atomic E-state index is 4.18. The number of pyridine rings is 2. The van der Waals surface area contributed by atoms with Crippen molar-refractivity contribution in [3.05, 3.63) is 252 Å². The third-order valence-corrected chi connectivity index (χ3v) is 19.4. The first-order chi connectivity index (χ1) is 56.3. The minimum Gasteiger partial charge on any atom is -0.352 e. The number of nitrogens with zero attached hydrogens (tertiary/aromatic N) is 14. The first kappa shape index (κ1) is 126. The van der Waals surface area contributed by atoms with Gasteiger partial charge in [-0.1, -0.05) is 277 Å². The summed E-state index contributed by atoms with van der Waals surface area (Å²) in [6.45, 7) is 67.5. The van der Waals surface area contributed by atoms with Crippen LogP contribution in [-0.2, 0) is 0 Å². The molecule has 0 amide bonds. The Hall–Kier alpha value is -9.24. The molecule has 8 aromatic heterocycles. The van der Waals surface area contributed by atoms with Crippen LogP contribution in [0, 0.1) is 23.7 Å². The Morgan fingerprint density at radius 2 is 0.911 bits per heavy atom. The molecule has 0 radical (unpaired) electrons. The van der Waals surface area contributed by atoms with Gasteiger partial charge in [-0.15, -0.1) is 0 Å². The van der Waals surface area contributed by atoms with Gasteiger partial charge in [-0.25, -0.2) is 15.0 Å². The fourth-order valence-corrected chi connectivity index (χ4v) is 11.1. The summed E-state index contributed by atoms with van der Waals surface area (Å²) in [6, 6.07) is 30.2. The third kappa shape index (κ3) is 62.0. The molecule has 0 spiro atoms. The predicted octanol–water partition coefficient (Wildman–Crippen LogP) is 28.5. The minimum atomic E-state index is 0. The van der Waals surface area contributed by atoms with Gasteiger partial charge in [0.1, 0.15) is 6.33 Å². The van der Waals surface area contributed by atoms with E-state index in [4.69, 9.17) is 0 Å². The molecule has 1 aliphatic carbocycles. The number of aromatic amines is 2. The van der Waals surface area contributed by atoms with E-state index in [1.54, 1.807) is 60.5 Å². The highest BCUT2D eigenvalue weighted by Crippen LogP contribution is 2.20. The molecule has 0 saturated carbocycles. The second-order valence-corrected chi connectivity index (χ2v) is 34.1. The molecule has 19 nitrogen and oxygen atoms in total. The van der Waals surface area contributed by atoms with Gasteiger partial charge in [0.15, 0.2) is 0 Å². The lowest BCUT2D eigenvalue weighted by molar-refractivity contribution is 0.196. The maximum atomic E-state index is 4.18. The quantitative estimate of drug-likeness (QED) is 0.0685. The van der Waals surface area contributed by atoms with Gasteiger partial charge in [0.05, 0.1) is 12.0 Å². The largest absolute Gasteiger partial charge is 0.352 e. The van der Waals surface area contributed by atoms with Crippen LogP contribution in [0.1, 0.15) is 363 Å². The summed E-state index contributed by atoms with van der Waals surface area (Å²) >= 11 is 1.77. The zero-order chi connectivity index (χ0) is 88.0. The average Bonchev–Trinajstić information content (AvgIpc) is 1.77. The third-order valence-electron chi connectivity index (χ3n) is 18.7. The SMILES string of the molecule is C.C.C.C.C.C.CC(C)C1=CC=CC1.CC(C)C1=NN=CC1.CC(C)C1=NNCC1.CC(C)C1=NNCC1.CC(C)N1CCNCC1.CC(C)c1ccccc1.CC(C)c1ccccn1.CC(C)c1cccnc1.CC(C)c1ccn[nH]1.CC(C)c1ccsc1.CC(C)c1cnc[nH]1.CC(C)c1cnccn1.CC(C)c1cncnc1.CC(C)n1cccc1. The number of piperazine rings is 1. The van der Waals surface area contributed by atoms with Crippen molar-refractivity contribution in [3.63, 3.8) is 0 Å². The number of aromatic nitrogens is 11. The van der Waals surface area contributed by atoms with Crippen molar-refractivity contribution >= 4 is 34.7 Å². The Balaban J connectivity index is -0.000000301. The zero-order valence-corrected chi connectivity index (χ0v) is 78.8. The summed E-state index contributed by atoms with van der Waals surface area (Å²) in [5, 5.41) is 30.2. The molecule has 0 unspecified atom stereocenters. The van der Waals surface area contributed by atoms with Gasteiger partial charge in [0, 0.05) is 185 Å². The van der Waals surface area contributed by atoms with E-state index in [2.05, 4.69) is 368 Å². The summed E-state index contributed by atoms with van der Waals surface area (Å²) in [6.07, 6.45) is 38.2. The summed E-state index contributed by atoms with van der Waals surface area (Å²) in [5.41, 5.74) is 21.2. The number of H-pyrrole nitrogens is 2. The van der Waals surface area contributed by atoms with E-state index in [9.17, 15) is 0 Å². The minimum absolute atomic E-state index is 0. The molecule has 1 fully saturated rings. The fraction of sp³-hybridized carbons (Fsp3) is 0.558. The molecule has 5 N–H and O–H groups in total. The van der Waals surface area contributed by atoms with Crippen molar-refractivity contribution in [2.24, 2.45) is 44.1 Å². The van der Waals surface area contributed by atoms with E-state index < -0.39 is 0 Å². The number of rotatable bonds is 14. The van der Waals surface area contributed by atoms with Crippen LogP contribution in [0.3, 0.4) is 0 Å². The summed E-state index contributed by atoms with van der Waals surface area (Å²) in [4.78, 5) is 33.4. The molecule has 1 aromatic carbocycles. The molecule has 14 rings (SSSR count). The highest BCUT2D eigenvalue weighted by Gasteiger charge is 2.13. The second kappa shape index (κ2) is 77.3. The van der Waals surface area contributed by atoms with E-state index in [-0.39, 0.29) is 44.6 Å². The van der Waals surface area contributed by atoms with Crippen LogP contribution in [0.2, 0.25) is 0 Å². The lowest BCUT2D eigenvalue weighted by Gasteiger charge is -2.30. The topological polar surface area (TPSA) is 228 Å². The number of thiophene rings is 1. The van der Waals surface area contributed by atoms with Gasteiger partial charge < -0.3 is 25.7 Å². The van der Waals surface area contributed by atoms with Crippen LogP contribution in [0.25, 0.3) is 0 Å². The molecule has 12 heterocycles. The maximum Gasteiger partial charge on any atom is 0.115 e. The monoisotopic (exact) mass is 1730 g/mol. The molecule has 9 aromatic rings. The van der Waals surface area contributed by atoms with Crippen LogP contribution >= 0.6 is 11.3 Å². The van der Waals surface area contributed by atoms with Crippen molar-refractivity contribution in [2.45, 2.75) is 324 Å². The zero-order valence-electron chi connectivity index (χ0n) is 78.0. The smallest absolute Gasteiger partial charge is 0.115 e. The molecule has 0 atom stereocenters. The first-order valence-electron chi connectivity index (χ1n) is 43.2. The molecule has 0 bridgehead atoms. The highest BCUT2D eigenvalue weighted by molar-refractivity contribution is 7.08. The van der Waals surface area contributed by atoms with Gasteiger partial charge >= 0.3 is 0 Å². The number of benzene rings is 1. The molecular weight excluding hydrogens is 1550 g/mol. The number of hydrogen-bond acceptors (Lipinski definition) is 17. The molecule has 5 aliphatic rings. The highest BCUT2D eigenvalue weighted by atomic mass is 32.1. The van der Waals surface area contributed by atoms with Crippen LogP contribution in [0.5, 0.6) is 0 Å². The van der Waals surface area contributed by atoms with Gasteiger partial charge in [-0.3, -0.25) is 29.9 Å². The standard InChI is InChI=1S/C9H12.2C8H11N.C8H12.C7H10N2.C7H16N2.C7H10N2.C7H11N.C7H10S.C6H10N2.2C6H12N2.2C6H10N2.6CH4/c1-8(2)9-6-4-3-5-7-9;1-7(2)8-4-3-5-9-6-8;1-7(2)8-5-3-4-6-9-8;1-7(2)8-5-3-4-6-8;1-6(2)7-3-8-5-9-4-7;1-7(2)9-5-3-8-4-6-9;1-6(2)7-5-8-3-4-9-7;1-7(2)8-5-3-4-6-8;1-6(2)7-3-4-8-5-7;1-5(2)6-3-7-4-8-6;4*1-5(2)6-3-4-7-8-6;;;;;;/h3-8H,1-2H3;2*3-7H,1-2H3;3-5,7H,6H2,1-2H3;3-6H,1-2H3;7-8H,3-6H2,1-2H3;3-6H,1-2H3;3-7H,1-2H3;3-6H,1-2H3;3-5H,1-2H3,(H,7,8);2*5,7H,3-4H2,1-2H3;4-5H,3H2,1-2H3;3-5H,1-2H3,(H,7,8);6*1H4. The van der Waals surface area contributed by atoms with Crippen LogP contribution < -0.4 is 16.2 Å². The van der Waals surface area contributed by atoms with Crippen molar-refractivity contribution < 1.29 is 0 Å². The van der Waals surface area contributed by atoms with Gasteiger partial charge in [0.25, 0.3) is 0 Å². The normalized spacial score (nSPS) is 12.7. The Kier molecular flexibility index (Phi) is 78.3. The number of allylic oxidation sites excluding steroid dienone is 4. The fourth-order valence-electron chi connectivity index (χ4n) is 10.3. The van der Waals surface area contributed by atoms with E-state index in [0.29, 0.717) is 71.1 Å². The summed E-state index contributed by atoms with van der Waals surface area (Å²) < 4.78 is 2.17. The number of imidazole rings is 1. The van der Waals surface area contributed by atoms with Gasteiger partial charge in [-0.2, -0.15) is 36.8 Å². The molecule has 20 heteroatoms. The second-order valence-electron chi connectivity index (χ2n) is 33.3. The van der Waals surface area contributed by atoms with Crippen LogP contribution in [0.4, 0.5) is 0 Å². The van der Waals surface area contributed by atoms with E-state index in [1.165, 1.54) is 70.3 Å². The molecular formula is C104H181N19S. The van der Waals surface area contributed by atoms with Crippen molar-refractivity contribution in [1.82, 2.24) is 75.7 Å². The lowest BCUT2D eigenvalue weighted by atomic mass is 10.0. The van der Waals surface area contributed by atoms with E-state index in [1.807, 2.05) is 85.7 Å². The van der Waals surface area contributed by atoms with Crippen molar-refractivity contribution in [1.29, 1.82) is 0 Å². The Bertz CT molecular complexity index is 3430. The lowest BCUT2D eigenvalue weighted by Crippen LogP contribution is -2.46. The summed E-state index contributed by atoms with van der Waals surface area (Å²) in [5.74, 6) is 7.22. The van der Waals surface area contributed by atoms with E-state index >= 15 is 0 Å². The predicted molar refractivity (Wildman–Crippen MR) is 550 cm³/mol. The molecule has 698 valence electrons. The summed E-state index contributed by atoms with van der Waals surface area (Å²) in [7, 11) is 0. The molecule has 4 aliphatic heterocycles. The Morgan fingerprint density at radius 1 is 0.387 bits per heavy atom. The molecule has 124 heavy (non-hydrogen) atoms. The molecule has 1 saturated heterocycles. The van der Waals surface area contributed by atoms with Crippen LogP contribution in [0.15, 0.2) is 227 Å². The Morgan fingerprint density at radius 3 is 1.17 bits per heavy atom. The van der Waals surface area contributed by atoms with Crippen LogP contribution in [-0.4, -0.2) is 128 Å². The van der Waals surface area contributed by atoms with Crippen molar-refractivity contribution in [3.8, 4) is 0 Å². The Labute approximate surface area is 764 Å². The first-order valence-corrected chi connectivity index (χ1v) is 44.2. The number of nitrogens with one attached hydrogen (secondary N) is 5. The number of hydrazone groups is 2. The van der Waals surface area contributed by atoms with Gasteiger partial charge in [-0.05, 0) is 181 Å². The van der Waals surface area contributed by atoms with E-state index in [0.717, 1.165) is 68.8 Å². The van der Waals surface area contributed by atoms with Crippen molar-refractivity contribution in [2.75, 3.05) is 39.3 Å². The average molecular weight is 1730 g/mol. The number of hydrogen-bond donors (Lipinski definition) is 5.